The van der Waals surface area contributed by atoms with Crippen LogP contribution in [-0.4, -0.2) is 29.2 Å². The van der Waals surface area contributed by atoms with E-state index in [9.17, 15) is 4.39 Å². The number of halogens is 1. The molecule has 0 saturated carbocycles. The topological polar surface area (TPSA) is 49.9 Å². The largest absolute Gasteiger partial charge is 0.496 e. The third-order valence-electron chi connectivity index (χ3n) is 5.47. The summed E-state index contributed by atoms with van der Waals surface area (Å²) in [5, 5.41) is 4.60. The Kier molecular flexibility index (Phi) is 3.57. The first-order chi connectivity index (χ1) is 12.7. The Morgan fingerprint density at radius 2 is 2.08 bits per heavy atom. The molecule has 2 aliphatic rings. The lowest BCUT2D eigenvalue weighted by molar-refractivity contribution is 0.415. The fourth-order valence-corrected chi connectivity index (χ4v) is 4.24. The maximum absolute atomic E-state index is 13.9. The zero-order valence-electron chi connectivity index (χ0n) is 14.6. The minimum atomic E-state index is -0.279. The molecule has 0 amide bonds. The molecule has 26 heavy (non-hydrogen) atoms. The molecule has 0 spiro atoms. The van der Waals surface area contributed by atoms with Crippen LogP contribution in [0, 0.1) is 5.82 Å². The number of rotatable bonds is 3. The average Bonchev–Trinajstić information content (AvgIpc) is 3.24. The molecule has 2 bridgehead atoms. The Morgan fingerprint density at radius 1 is 1.15 bits per heavy atom. The molecule has 1 saturated heterocycles. The van der Waals surface area contributed by atoms with Crippen molar-refractivity contribution in [2.45, 2.75) is 31.3 Å². The van der Waals surface area contributed by atoms with Gasteiger partial charge in [0.1, 0.15) is 17.2 Å². The van der Waals surface area contributed by atoms with Gasteiger partial charge in [-0.3, -0.25) is 0 Å². The van der Waals surface area contributed by atoms with E-state index >= 15 is 0 Å². The number of aromatic amines is 1. The van der Waals surface area contributed by atoms with Gasteiger partial charge in [-0.2, -0.15) is 0 Å². The molecule has 2 atom stereocenters. The van der Waals surface area contributed by atoms with Gasteiger partial charge >= 0.3 is 0 Å². The minimum absolute atomic E-state index is 0.279. The lowest BCUT2D eigenvalue weighted by atomic mass is 9.99. The number of pyridine rings is 1. The van der Waals surface area contributed by atoms with Crippen molar-refractivity contribution < 1.29 is 9.13 Å². The number of hydrogen-bond acceptors (Lipinski definition) is 3. The lowest BCUT2D eigenvalue weighted by Gasteiger charge is -2.20. The summed E-state index contributed by atoms with van der Waals surface area (Å²) in [6.07, 6.45) is 7.55. The molecule has 5 heteroatoms. The Labute approximate surface area is 151 Å². The molecule has 0 aliphatic carbocycles. The third kappa shape index (κ3) is 2.51. The van der Waals surface area contributed by atoms with Crippen LogP contribution < -0.4 is 10.1 Å². The van der Waals surface area contributed by atoms with E-state index in [1.165, 1.54) is 30.5 Å². The van der Waals surface area contributed by atoms with Crippen molar-refractivity contribution in [2.75, 3.05) is 7.11 Å². The molecule has 132 valence electrons. The summed E-state index contributed by atoms with van der Waals surface area (Å²) >= 11 is 0. The number of fused-ring (bicyclic) bond motifs is 3. The van der Waals surface area contributed by atoms with Gasteiger partial charge in [0.25, 0.3) is 0 Å². The minimum Gasteiger partial charge on any atom is -0.496 e. The number of nitrogens with one attached hydrogen (secondary N) is 2. The second kappa shape index (κ2) is 5.95. The average molecular weight is 349 g/mol. The van der Waals surface area contributed by atoms with Crippen LogP contribution in [0.15, 0.2) is 42.6 Å². The highest BCUT2D eigenvalue weighted by Crippen LogP contribution is 2.38. The van der Waals surface area contributed by atoms with Crippen molar-refractivity contribution in [2.24, 2.45) is 0 Å². The molecule has 1 aromatic carbocycles. The first-order valence-corrected chi connectivity index (χ1v) is 9.00. The number of hydrogen-bond donors (Lipinski definition) is 2. The molecule has 1 fully saturated rings. The standard InChI is InChI=1S/C21H20FN3O/c1-26-20-5-2-13(22)10-17(20)16-6-7-23-21-18(16)11-19(25-21)12-8-14-3-4-15(9-12)24-14/h2,5-8,10-11,14-15,24H,3-4,9H2,1H3,(H,23,25). The SMILES string of the molecule is COc1ccc(F)cc1-c1ccnc2[nH]c(C3=CC4CCC(C3)N4)cc12. The number of aromatic nitrogens is 2. The van der Waals surface area contributed by atoms with Crippen molar-refractivity contribution in [3.05, 3.63) is 54.1 Å². The number of ether oxygens (including phenoxy) is 1. The highest BCUT2D eigenvalue weighted by molar-refractivity contribution is 5.96. The monoisotopic (exact) mass is 349 g/mol. The lowest BCUT2D eigenvalue weighted by Crippen LogP contribution is -2.31. The van der Waals surface area contributed by atoms with Crippen molar-refractivity contribution in [1.29, 1.82) is 0 Å². The van der Waals surface area contributed by atoms with Gasteiger partial charge in [-0.1, -0.05) is 6.08 Å². The molecule has 2 unspecified atom stereocenters. The van der Waals surface area contributed by atoms with Gasteiger partial charge in [0.05, 0.1) is 7.11 Å². The van der Waals surface area contributed by atoms with Gasteiger partial charge in [-0.05, 0) is 60.7 Å². The van der Waals surface area contributed by atoms with Crippen LogP contribution in [0.4, 0.5) is 4.39 Å². The summed E-state index contributed by atoms with van der Waals surface area (Å²) in [5.74, 6) is 0.375. The molecule has 0 radical (unpaired) electrons. The molecule has 5 rings (SSSR count). The van der Waals surface area contributed by atoms with Gasteiger partial charge < -0.3 is 15.0 Å². The van der Waals surface area contributed by atoms with Crippen LogP contribution in [-0.2, 0) is 0 Å². The van der Waals surface area contributed by atoms with Crippen molar-refractivity contribution in [3.63, 3.8) is 0 Å². The maximum atomic E-state index is 13.9. The Bertz CT molecular complexity index is 1020. The van der Waals surface area contributed by atoms with Crippen LogP contribution in [0.25, 0.3) is 27.7 Å². The van der Waals surface area contributed by atoms with Gasteiger partial charge in [0.2, 0.25) is 0 Å². The van der Waals surface area contributed by atoms with Gasteiger partial charge in [-0.25, -0.2) is 9.37 Å². The number of benzene rings is 1. The zero-order valence-corrected chi connectivity index (χ0v) is 14.6. The van der Waals surface area contributed by atoms with Crippen LogP contribution in [0.5, 0.6) is 5.75 Å². The first kappa shape index (κ1) is 15.6. The van der Waals surface area contributed by atoms with Crippen LogP contribution in [0.3, 0.4) is 0 Å². The summed E-state index contributed by atoms with van der Waals surface area (Å²) in [5.41, 5.74) is 4.92. The van der Waals surface area contributed by atoms with Gasteiger partial charge in [0, 0.05) is 34.9 Å². The fraction of sp³-hybridized carbons (Fsp3) is 0.286. The van der Waals surface area contributed by atoms with E-state index in [4.69, 9.17) is 4.74 Å². The summed E-state index contributed by atoms with van der Waals surface area (Å²) in [6, 6.07) is 9.70. The summed E-state index contributed by atoms with van der Waals surface area (Å²) in [4.78, 5) is 7.94. The summed E-state index contributed by atoms with van der Waals surface area (Å²) in [6.45, 7) is 0. The molecular formula is C21H20FN3O. The second-order valence-corrected chi connectivity index (χ2v) is 7.09. The maximum Gasteiger partial charge on any atom is 0.138 e. The number of methoxy groups -OCH3 is 1. The van der Waals surface area contributed by atoms with E-state index in [1.54, 1.807) is 19.4 Å². The number of H-pyrrole nitrogens is 1. The second-order valence-electron chi connectivity index (χ2n) is 7.09. The normalized spacial score (nSPS) is 21.8. The van der Waals surface area contributed by atoms with Crippen molar-refractivity contribution >= 4 is 16.6 Å². The molecule has 2 aromatic heterocycles. The van der Waals surface area contributed by atoms with Crippen LogP contribution >= 0.6 is 0 Å². The van der Waals surface area contributed by atoms with E-state index in [2.05, 4.69) is 27.4 Å². The molecule has 4 heterocycles. The summed E-state index contributed by atoms with van der Waals surface area (Å²) in [7, 11) is 1.60. The third-order valence-corrected chi connectivity index (χ3v) is 5.47. The van der Waals surface area contributed by atoms with Crippen molar-refractivity contribution in [3.8, 4) is 16.9 Å². The highest BCUT2D eigenvalue weighted by atomic mass is 19.1. The van der Waals surface area contributed by atoms with Gasteiger partial charge in [0.15, 0.2) is 0 Å². The van der Waals surface area contributed by atoms with E-state index in [-0.39, 0.29) is 5.82 Å². The Hall–Kier alpha value is -2.66. The molecule has 3 aromatic rings. The zero-order chi connectivity index (χ0) is 17.7. The quantitative estimate of drug-likeness (QED) is 0.742. The van der Waals surface area contributed by atoms with Crippen LogP contribution in [0.1, 0.15) is 25.0 Å². The van der Waals surface area contributed by atoms with E-state index < -0.39 is 0 Å². The Morgan fingerprint density at radius 3 is 2.92 bits per heavy atom. The smallest absolute Gasteiger partial charge is 0.138 e. The number of nitrogens with zero attached hydrogens (tertiary/aromatic N) is 1. The highest BCUT2D eigenvalue weighted by Gasteiger charge is 2.29. The predicted octanol–water partition coefficient (Wildman–Crippen LogP) is 4.29. The molecular weight excluding hydrogens is 329 g/mol. The molecule has 2 N–H and O–H groups in total. The van der Waals surface area contributed by atoms with E-state index in [1.807, 2.05) is 6.07 Å². The van der Waals surface area contributed by atoms with Gasteiger partial charge in [-0.15, -0.1) is 0 Å². The predicted molar refractivity (Wildman–Crippen MR) is 101 cm³/mol. The fourth-order valence-electron chi connectivity index (χ4n) is 4.24. The Balaban J connectivity index is 1.65. The first-order valence-electron chi connectivity index (χ1n) is 9.00. The molecule has 4 nitrogen and oxygen atoms in total. The summed E-state index contributed by atoms with van der Waals surface area (Å²) < 4.78 is 19.3. The van der Waals surface area contributed by atoms with E-state index in [0.29, 0.717) is 17.8 Å². The van der Waals surface area contributed by atoms with Crippen molar-refractivity contribution in [1.82, 2.24) is 15.3 Å². The van der Waals surface area contributed by atoms with E-state index in [0.717, 1.165) is 34.3 Å². The molecule has 2 aliphatic heterocycles. The van der Waals surface area contributed by atoms with Crippen LogP contribution in [0.2, 0.25) is 0 Å².